The van der Waals surface area contributed by atoms with E-state index in [2.05, 4.69) is 47.3 Å². The second kappa shape index (κ2) is 5.19. The monoisotopic (exact) mass is 245 g/mol. The van der Waals surface area contributed by atoms with E-state index in [1.807, 2.05) is 13.1 Å². The van der Waals surface area contributed by atoms with Crippen LogP contribution in [-0.4, -0.2) is 17.0 Å². The number of nitrogens with zero attached hydrogens (tertiary/aromatic N) is 2. The number of nitrogens with one attached hydrogen (secondary N) is 1. The first-order chi connectivity index (χ1) is 8.19. The summed E-state index contributed by atoms with van der Waals surface area (Å²) < 4.78 is 0. The lowest BCUT2D eigenvalue weighted by Gasteiger charge is -2.06. The summed E-state index contributed by atoms with van der Waals surface area (Å²) >= 11 is 1.67. The van der Waals surface area contributed by atoms with E-state index in [1.54, 1.807) is 18.0 Å². The van der Waals surface area contributed by atoms with E-state index in [4.69, 9.17) is 0 Å². The van der Waals surface area contributed by atoms with Crippen molar-refractivity contribution in [3.05, 3.63) is 41.6 Å². The molecule has 2 aromatic rings. The van der Waals surface area contributed by atoms with Crippen molar-refractivity contribution in [2.75, 3.05) is 12.4 Å². The van der Waals surface area contributed by atoms with Crippen LogP contribution in [0.2, 0.25) is 0 Å². The fourth-order valence-electron chi connectivity index (χ4n) is 1.45. The molecular weight excluding hydrogens is 230 g/mol. The lowest BCUT2D eigenvalue weighted by atomic mass is 10.2. The second-order valence-electron chi connectivity index (χ2n) is 3.84. The van der Waals surface area contributed by atoms with Crippen molar-refractivity contribution in [1.82, 2.24) is 9.97 Å². The summed E-state index contributed by atoms with van der Waals surface area (Å²) in [7, 11) is 1.82. The summed E-state index contributed by atoms with van der Waals surface area (Å²) in [4.78, 5) is 9.74. The number of benzene rings is 1. The van der Waals surface area contributed by atoms with Gasteiger partial charge in [0.15, 0.2) is 0 Å². The molecule has 0 aliphatic heterocycles. The van der Waals surface area contributed by atoms with Gasteiger partial charge in [0.05, 0.1) is 0 Å². The van der Waals surface area contributed by atoms with Crippen LogP contribution in [0.15, 0.2) is 40.4 Å². The molecule has 0 bridgehead atoms. The molecule has 1 aromatic carbocycles. The third-order valence-electron chi connectivity index (χ3n) is 2.41. The molecule has 0 aliphatic rings. The maximum atomic E-state index is 4.40. The number of aryl methyl sites for hydroxylation is 2. The van der Waals surface area contributed by atoms with E-state index in [-0.39, 0.29) is 0 Å². The Labute approximate surface area is 106 Å². The Balaban J connectivity index is 2.27. The highest BCUT2D eigenvalue weighted by Gasteiger charge is 2.04. The van der Waals surface area contributed by atoms with Crippen LogP contribution < -0.4 is 5.32 Å². The van der Waals surface area contributed by atoms with Gasteiger partial charge >= 0.3 is 0 Å². The number of anilines is 1. The van der Waals surface area contributed by atoms with Crippen molar-refractivity contribution in [1.29, 1.82) is 0 Å². The van der Waals surface area contributed by atoms with Crippen LogP contribution >= 0.6 is 11.8 Å². The van der Waals surface area contributed by atoms with Crippen LogP contribution in [0.3, 0.4) is 0 Å². The van der Waals surface area contributed by atoms with Crippen LogP contribution in [0.5, 0.6) is 0 Å². The Morgan fingerprint density at radius 1 is 1.18 bits per heavy atom. The highest BCUT2D eigenvalue weighted by molar-refractivity contribution is 7.99. The maximum Gasteiger partial charge on any atom is 0.223 e. The Kier molecular flexibility index (Phi) is 3.64. The second-order valence-corrected chi connectivity index (χ2v) is 4.90. The van der Waals surface area contributed by atoms with Gasteiger partial charge in [-0.25, -0.2) is 9.97 Å². The van der Waals surface area contributed by atoms with Crippen molar-refractivity contribution in [3.8, 4) is 0 Å². The summed E-state index contributed by atoms with van der Waals surface area (Å²) in [6, 6.07) is 8.37. The SMILES string of the molecule is CNc1nccc(Sc2cc(C)ccc2C)n1. The van der Waals surface area contributed by atoms with Gasteiger partial charge in [-0.3, -0.25) is 0 Å². The molecular formula is C13H15N3S. The molecule has 0 amide bonds. The quantitative estimate of drug-likeness (QED) is 0.842. The zero-order valence-electron chi connectivity index (χ0n) is 10.2. The van der Waals surface area contributed by atoms with Crippen LogP contribution in [0.4, 0.5) is 5.95 Å². The predicted octanol–water partition coefficient (Wildman–Crippen LogP) is 3.29. The predicted molar refractivity (Wildman–Crippen MR) is 71.6 cm³/mol. The van der Waals surface area contributed by atoms with Crippen molar-refractivity contribution in [3.63, 3.8) is 0 Å². The summed E-state index contributed by atoms with van der Waals surface area (Å²) in [6.45, 7) is 4.21. The van der Waals surface area contributed by atoms with Gasteiger partial charge in [-0.2, -0.15) is 0 Å². The van der Waals surface area contributed by atoms with Crippen LogP contribution in [0.25, 0.3) is 0 Å². The molecule has 1 N–H and O–H groups in total. The van der Waals surface area contributed by atoms with Crippen molar-refractivity contribution >= 4 is 17.7 Å². The minimum absolute atomic E-state index is 0.653. The third-order valence-corrected chi connectivity index (χ3v) is 3.51. The minimum Gasteiger partial charge on any atom is -0.357 e. The lowest BCUT2D eigenvalue weighted by Crippen LogP contribution is -1.96. The summed E-state index contributed by atoms with van der Waals surface area (Å²) in [5, 5.41) is 3.90. The minimum atomic E-state index is 0.653. The maximum absolute atomic E-state index is 4.40. The molecule has 3 nitrogen and oxygen atoms in total. The number of rotatable bonds is 3. The van der Waals surface area contributed by atoms with Crippen LogP contribution in [-0.2, 0) is 0 Å². The molecule has 0 spiro atoms. The molecule has 0 fully saturated rings. The van der Waals surface area contributed by atoms with E-state index in [0.29, 0.717) is 5.95 Å². The molecule has 88 valence electrons. The summed E-state index contributed by atoms with van der Waals surface area (Å²) in [5.74, 6) is 0.653. The molecule has 0 atom stereocenters. The molecule has 0 unspecified atom stereocenters. The van der Waals surface area contributed by atoms with Gasteiger partial charge in [-0.15, -0.1) is 0 Å². The average Bonchev–Trinajstić information content (AvgIpc) is 2.34. The molecule has 17 heavy (non-hydrogen) atoms. The fraction of sp³-hybridized carbons (Fsp3) is 0.231. The summed E-state index contributed by atoms with van der Waals surface area (Å²) in [5.41, 5.74) is 2.53. The van der Waals surface area contributed by atoms with Gasteiger partial charge < -0.3 is 5.32 Å². The lowest BCUT2D eigenvalue weighted by molar-refractivity contribution is 1.04. The summed E-state index contributed by atoms with van der Waals surface area (Å²) in [6.07, 6.45) is 1.77. The first kappa shape index (κ1) is 11.9. The molecule has 4 heteroatoms. The largest absolute Gasteiger partial charge is 0.357 e. The average molecular weight is 245 g/mol. The standard InChI is InChI=1S/C13H15N3S/c1-9-4-5-10(2)11(8-9)17-12-6-7-15-13(14-3)16-12/h4-8H,1-3H3,(H,14,15,16). The number of hydrogen-bond donors (Lipinski definition) is 1. The van der Waals surface area contributed by atoms with Gasteiger partial charge in [0.25, 0.3) is 0 Å². The fourth-order valence-corrected chi connectivity index (χ4v) is 2.41. The smallest absolute Gasteiger partial charge is 0.223 e. The Morgan fingerprint density at radius 3 is 2.76 bits per heavy atom. The molecule has 0 radical (unpaired) electrons. The van der Waals surface area contributed by atoms with Crippen molar-refractivity contribution in [2.24, 2.45) is 0 Å². The molecule has 2 rings (SSSR count). The topological polar surface area (TPSA) is 37.8 Å². The molecule has 0 saturated carbocycles. The normalized spacial score (nSPS) is 10.3. The van der Waals surface area contributed by atoms with Crippen LogP contribution in [0, 0.1) is 13.8 Å². The van der Waals surface area contributed by atoms with Crippen LogP contribution in [0.1, 0.15) is 11.1 Å². The zero-order chi connectivity index (χ0) is 12.3. The Hall–Kier alpha value is -1.55. The van der Waals surface area contributed by atoms with E-state index >= 15 is 0 Å². The molecule has 0 aliphatic carbocycles. The van der Waals surface area contributed by atoms with E-state index in [9.17, 15) is 0 Å². The highest BCUT2D eigenvalue weighted by Crippen LogP contribution is 2.29. The number of aromatic nitrogens is 2. The Bertz CT molecular complexity index is 526. The third kappa shape index (κ3) is 2.97. The van der Waals surface area contributed by atoms with E-state index in [1.165, 1.54) is 16.0 Å². The Morgan fingerprint density at radius 2 is 2.00 bits per heavy atom. The van der Waals surface area contributed by atoms with E-state index in [0.717, 1.165) is 5.03 Å². The van der Waals surface area contributed by atoms with E-state index < -0.39 is 0 Å². The molecule has 1 heterocycles. The van der Waals surface area contributed by atoms with Crippen molar-refractivity contribution in [2.45, 2.75) is 23.8 Å². The van der Waals surface area contributed by atoms with Gasteiger partial charge in [-0.05, 0) is 37.1 Å². The van der Waals surface area contributed by atoms with Crippen molar-refractivity contribution < 1.29 is 0 Å². The van der Waals surface area contributed by atoms with Gasteiger partial charge in [0.2, 0.25) is 5.95 Å². The van der Waals surface area contributed by atoms with Gasteiger partial charge in [0.1, 0.15) is 5.03 Å². The first-order valence-corrected chi connectivity index (χ1v) is 6.26. The highest BCUT2D eigenvalue weighted by atomic mass is 32.2. The first-order valence-electron chi connectivity index (χ1n) is 5.45. The molecule has 1 aromatic heterocycles. The van der Waals surface area contributed by atoms with Gasteiger partial charge in [-0.1, -0.05) is 23.9 Å². The number of hydrogen-bond acceptors (Lipinski definition) is 4. The zero-order valence-corrected chi connectivity index (χ0v) is 11.0. The van der Waals surface area contributed by atoms with Gasteiger partial charge in [0, 0.05) is 18.1 Å². The molecule has 0 saturated heterocycles.